The van der Waals surface area contributed by atoms with Crippen LogP contribution < -0.4 is 10.1 Å². The zero-order valence-electron chi connectivity index (χ0n) is 19.0. The van der Waals surface area contributed by atoms with E-state index < -0.39 is 24.1 Å². The van der Waals surface area contributed by atoms with Crippen LogP contribution in [-0.2, 0) is 15.7 Å². The van der Waals surface area contributed by atoms with E-state index in [2.05, 4.69) is 20.5 Å². The number of pyridine rings is 1. The van der Waals surface area contributed by atoms with Crippen molar-refractivity contribution in [1.29, 1.82) is 0 Å². The average molecular weight is 487 g/mol. The second-order valence-corrected chi connectivity index (χ2v) is 8.69. The van der Waals surface area contributed by atoms with Crippen molar-refractivity contribution in [3.63, 3.8) is 0 Å². The number of anilines is 1. The highest BCUT2D eigenvalue weighted by atomic mass is 19.4. The van der Waals surface area contributed by atoms with Gasteiger partial charge in [-0.3, -0.25) is 9.78 Å². The second-order valence-electron chi connectivity index (χ2n) is 8.69. The first kappa shape index (κ1) is 23.3. The zero-order valence-corrected chi connectivity index (χ0v) is 19.0. The molecule has 0 radical (unpaired) electrons. The number of alkyl halides is 3. The van der Waals surface area contributed by atoms with Gasteiger partial charge in [0.05, 0.1) is 12.2 Å². The molecule has 8 nitrogen and oxygen atoms in total. The third kappa shape index (κ3) is 4.72. The van der Waals surface area contributed by atoms with E-state index in [1.807, 2.05) is 0 Å². The monoisotopic (exact) mass is 487 g/mol. The van der Waals surface area contributed by atoms with Crippen molar-refractivity contribution in [3.05, 3.63) is 42.2 Å². The van der Waals surface area contributed by atoms with E-state index >= 15 is 0 Å². The largest absolute Gasteiger partial charge is 0.464 e. The number of hydrogen-bond acceptors (Lipinski definition) is 7. The van der Waals surface area contributed by atoms with Crippen LogP contribution in [0.3, 0.4) is 0 Å². The van der Waals surface area contributed by atoms with Crippen LogP contribution in [0, 0.1) is 0 Å². The molecule has 0 bridgehead atoms. The fraction of sp³-hybridized carbons (Fsp3) is 0.417. The Morgan fingerprint density at radius 3 is 2.71 bits per heavy atom. The lowest BCUT2D eigenvalue weighted by Gasteiger charge is -2.25. The highest BCUT2D eigenvalue weighted by Gasteiger charge is 2.33. The van der Waals surface area contributed by atoms with E-state index in [1.165, 1.54) is 6.07 Å². The molecular weight excluding hydrogens is 463 g/mol. The predicted molar refractivity (Wildman–Crippen MR) is 122 cm³/mol. The number of ether oxygens (including phenoxy) is 2. The van der Waals surface area contributed by atoms with Crippen molar-refractivity contribution in [2.75, 3.05) is 25.5 Å². The predicted octanol–water partition coefficient (Wildman–Crippen LogP) is 4.26. The highest BCUT2D eigenvalue weighted by Crippen LogP contribution is 2.40. The molecular formula is C24H24F3N5O3. The van der Waals surface area contributed by atoms with Crippen LogP contribution in [0.25, 0.3) is 22.0 Å². The van der Waals surface area contributed by atoms with Gasteiger partial charge in [-0.15, -0.1) is 10.2 Å². The molecule has 1 N–H and O–H groups in total. The summed E-state index contributed by atoms with van der Waals surface area (Å²) in [5.41, 5.74) is -0.116. The molecule has 1 aromatic carbocycles. The average Bonchev–Trinajstić information content (AvgIpc) is 3.17. The van der Waals surface area contributed by atoms with Crippen molar-refractivity contribution >= 4 is 22.5 Å². The summed E-state index contributed by atoms with van der Waals surface area (Å²) in [4.78, 5) is 18.2. The van der Waals surface area contributed by atoms with Crippen LogP contribution in [0.2, 0.25) is 0 Å². The number of hydrogen-bond donors (Lipinski definition) is 1. The summed E-state index contributed by atoms with van der Waals surface area (Å²) < 4.78 is 52.0. The summed E-state index contributed by atoms with van der Waals surface area (Å²) in [6.45, 7) is 1.12. The molecule has 0 saturated carbocycles. The molecule has 0 aliphatic carbocycles. The highest BCUT2D eigenvalue weighted by molar-refractivity contribution is 6.01. The first-order valence-corrected chi connectivity index (χ1v) is 11.4. The van der Waals surface area contributed by atoms with Gasteiger partial charge in [-0.2, -0.15) is 13.2 Å². The molecule has 1 unspecified atom stereocenters. The van der Waals surface area contributed by atoms with Crippen molar-refractivity contribution < 1.29 is 27.4 Å². The Morgan fingerprint density at radius 1 is 1.14 bits per heavy atom. The maximum Gasteiger partial charge on any atom is 0.416 e. The van der Waals surface area contributed by atoms with Crippen LogP contribution in [-0.4, -0.2) is 58.5 Å². The molecule has 3 aromatic rings. The van der Waals surface area contributed by atoms with Crippen molar-refractivity contribution in [2.24, 2.45) is 0 Å². The maximum absolute atomic E-state index is 13.5. The van der Waals surface area contributed by atoms with E-state index in [9.17, 15) is 18.0 Å². The number of fused-ring (bicyclic) bond motifs is 1. The van der Waals surface area contributed by atoms with Gasteiger partial charge in [0, 0.05) is 48.7 Å². The Bertz CT molecular complexity index is 1250. The quantitative estimate of drug-likeness (QED) is 0.575. The number of benzene rings is 1. The fourth-order valence-corrected chi connectivity index (χ4v) is 4.36. The first-order chi connectivity index (χ1) is 16.8. The van der Waals surface area contributed by atoms with Crippen molar-refractivity contribution in [1.82, 2.24) is 20.1 Å². The second kappa shape index (κ2) is 9.29. The normalized spacial score (nSPS) is 20.9. The fourth-order valence-electron chi connectivity index (χ4n) is 4.36. The molecule has 2 saturated heterocycles. The lowest BCUT2D eigenvalue weighted by Crippen LogP contribution is -2.31. The number of nitrogens with one attached hydrogen (secondary N) is 1. The van der Waals surface area contributed by atoms with Crippen LogP contribution >= 0.6 is 0 Å². The zero-order chi connectivity index (χ0) is 24.6. The van der Waals surface area contributed by atoms with Gasteiger partial charge < -0.3 is 19.7 Å². The number of aromatic nitrogens is 3. The van der Waals surface area contributed by atoms with E-state index in [-0.39, 0.29) is 11.7 Å². The Kier molecular flexibility index (Phi) is 6.18. The molecule has 35 heavy (non-hydrogen) atoms. The molecule has 2 aliphatic rings. The molecule has 2 fully saturated rings. The molecule has 2 aromatic heterocycles. The number of amides is 1. The summed E-state index contributed by atoms with van der Waals surface area (Å²) in [7, 11) is 1.74. The van der Waals surface area contributed by atoms with Gasteiger partial charge in [0.15, 0.2) is 12.1 Å². The number of carbonyl (C=O) groups is 1. The number of carbonyl (C=O) groups excluding carboxylic acids is 1. The van der Waals surface area contributed by atoms with E-state index in [4.69, 9.17) is 9.47 Å². The Morgan fingerprint density at radius 2 is 2.00 bits per heavy atom. The molecule has 2 atom stereocenters. The van der Waals surface area contributed by atoms with Gasteiger partial charge in [-0.25, -0.2) is 0 Å². The standard InChI is InChI=1S/C24H24F3N5O3/c1-32-10-8-18(23(32)33)29-22-17-13-28-9-7-15(17)21(30-31-22)16-6-5-14(24(25,26)27)12-19(16)35-20-4-2-3-11-34-20/h5-7,9,12-13,18,20H,2-4,8,10-11H2,1H3,(H,29,31)/t18-,20?/m0/s1. The van der Waals surface area contributed by atoms with Crippen molar-refractivity contribution in [2.45, 2.75) is 44.2 Å². The van der Waals surface area contributed by atoms with Crippen LogP contribution in [0.5, 0.6) is 5.75 Å². The Balaban J connectivity index is 1.57. The SMILES string of the molecule is CN1CC[C@H](Nc2nnc(-c3ccc(C(F)(F)F)cc3OC3CCCCO3)c3ccncc23)C1=O. The van der Waals surface area contributed by atoms with Gasteiger partial charge in [0.1, 0.15) is 17.5 Å². The van der Waals surface area contributed by atoms with E-state index in [1.54, 1.807) is 30.4 Å². The minimum absolute atomic E-state index is 0.0208. The molecule has 5 rings (SSSR count). The lowest BCUT2D eigenvalue weighted by atomic mass is 10.0. The summed E-state index contributed by atoms with van der Waals surface area (Å²) in [6, 6.07) is 4.59. The maximum atomic E-state index is 13.5. The third-order valence-corrected chi connectivity index (χ3v) is 6.28. The minimum atomic E-state index is -4.53. The number of rotatable bonds is 5. The number of halogens is 3. The van der Waals surface area contributed by atoms with E-state index in [0.717, 1.165) is 25.0 Å². The molecule has 11 heteroatoms. The summed E-state index contributed by atoms with van der Waals surface area (Å²) in [6.07, 6.45) is 0.940. The van der Waals surface area contributed by atoms with Gasteiger partial charge in [-0.1, -0.05) is 0 Å². The lowest BCUT2D eigenvalue weighted by molar-refractivity contribution is -0.138. The molecule has 1 amide bonds. The first-order valence-electron chi connectivity index (χ1n) is 11.4. The smallest absolute Gasteiger partial charge is 0.416 e. The molecule has 4 heterocycles. The van der Waals surface area contributed by atoms with Crippen LogP contribution in [0.4, 0.5) is 19.0 Å². The van der Waals surface area contributed by atoms with Crippen molar-refractivity contribution in [3.8, 4) is 17.0 Å². The molecule has 2 aliphatic heterocycles. The Hall–Kier alpha value is -3.47. The topological polar surface area (TPSA) is 89.5 Å². The number of nitrogens with zero attached hydrogens (tertiary/aromatic N) is 4. The van der Waals surface area contributed by atoms with Crippen LogP contribution in [0.15, 0.2) is 36.7 Å². The minimum Gasteiger partial charge on any atom is -0.464 e. The summed E-state index contributed by atoms with van der Waals surface area (Å²) >= 11 is 0. The third-order valence-electron chi connectivity index (χ3n) is 6.28. The van der Waals surface area contributed by atoms with Gasteiger partial charge >= 0.3 is 6.18 Å². The van der Waals surface area contributed by atoms with Gasteiger partial charge in [-0.05, 0) is 43.5 Å². The molecule has 0 spiro atoms. The Labute approximate surface area is 199 Å². The molecule has 184 valence electrons. The van der Waals surface area contributed by atoms with Gasteiger partial charge in [0.25, 0.3) is 0 Å². The number of likely N-dealkylation sites (N-methyl/N-ethyl adjacent to an activating group) is 1. The summed E-state index contributed by atoms with van der Waals surface area (Å²) in [5.74, 6) is 0.363. The van der Waals surface area contributed by atoms with Crippen LogP contribution in [0.1, 0.15) is 31.2 Å². The summed E-state index contributed by atoms with van der Waals surface area (Å²) in [5, 5.41) is 13.0. The number of likely N-dealkylation sites (tertiary alicyclic amines) is 1. The van der Waals surface area contributed by atoms with Gasteiger partial charge in [0.2, 0.25) is 5.91 Å². The van der Waals surface area contributed by atoms with E-state index in [0.29, 0.717) is 53.8 Å².